The van der Waals surface area contributed by atoms with Crippen molar-refractivity contribution in [1.82, 2.24) is 20.4 Å². The van der Waals surface area contributed by atoms with E-state index in [2.05, 4.69) is 32.2 Å². The average Bonchev–Trinajstić information content (AvgIpc) is 3.19. The van der Waals surface area contributed by atoms with E-state index in [0.29, 0.717) is 34.1 Å². The van der Waals surface area contributed by atoms with Gasteiger partial charge < -0.3 is 19.6 Å². The molecule has 0 bridgehead atoms. The van der Waals surface area contributed by atoms with Crippen LogP contribution in [0.3, 0.4) is 0 Å². The van der Waals surface area contributed by atoms with E-state index < -0.39 is 0 Å². The molecule has 1 aromatic carbocycles. The summed E-state index contributed by atoms with van der Waals surface area (Å²) in [5.41, 5.74) is 2.44. The Morgan fingerprint density at radius 1 is 1.16 bits per heavy atom. The molecule has 0 radical (unpaired) electrons. The molecule has 1 aliphatic heterocycles. The number of rotatable bonds is 6. The minimum absolute atomic E-state index is 0.256. The first-order chi connectivity index (χ1) is 15.1. The summed E-state index contributed by atoms with van der Waals surface area (Å²) < 4.78 is 5.29. The van der Waals surface area contributed by atoms with Crippen LogP contribution in [0.1, 0.15) is 28.6 Å². The van der Waals surface area contributed by atoms with Crippen LogP contribution >= 0.6 is 11.6 Å². The maximum absolute atomic E-state index is 12.9. The molecule has 1 fully saturated rings. The Kier molecular flexibility index (Phi) is 6.53. The van der Waals surface area contributed by atoms with E-state index in [4.69, 9.17) is 16.1 Å². The first-order valence-electron chi connectivity index (χ1n) is 10.5. The molecule has 8 heteroatoms. The van der Waals surface area contributed by atoms with E-state index in [9.17, 15) is 4.79 Å². The average molecular weight is 440 g/mol. The highest BCUT2D eigenvalue weighted by Gasteiger charge is 2.23. The Morgan fingerprint density at radius 2 is 1.94 bits per heavy atom. The van der Waals surface area contributed by atoms with Gasteiger partial charge in [-0.05, 0) is 31.2 Å². The fraction of sp³-hybridized carbons (Fsp3) is 0.348. The van der Waals surface area contributed by atoms with Gasteiger partial charge in [0.25, 0.3) is 5.91 Å². The number of nitrogens with zero attached hydrogens (tertiary/aromatic N) is 4. The number of benzene rings is 1. The van der Waals surface area contributed by atoms with Gasteiger partial charge in [0, 0.05) is 44.5 Å². The third-order valence-corrected chi connectivity index (χ3v) is 5.95. The third kappa shape index (κ3) is 4.73. The van der Waals surface area contributed by atoms with Crippen LogP contribution in [0.5, 0.6) is 0 Å². The number of amides is 1. The van der Waals surface area contributed by atoms with Gasteiger partial charge in [-0.15, -0.1) is 0 Å². The van der Waals surface area contributed by atoms with Crippen molar-refractivity contribution in [3.05, 3.63) is 64.5 Å². The Hall–Kier alpha value is -2.90. The molecule has 3 aromatic rings. The Labute approximate surface area is 187 Å². The number of carbonyl (C=O) groups excluding carboxylic acids is 1. The molecule has 4 rings (SSSR count). The summed E-state index contributed by atoms with van der Waals surface area (Å²) in [6.07, 6.45) is 1.82. The lowest BCUT2D eigenvalue weighted by Gasteiger charge is -2.34. The van der Waals surface area contributed by atoms with Crippen LogP contribution in [0.2, 0.25) is 5.02 Å². The molecule has 2 aromatic heterocycles. The van der Waals surface area contributed by atoms with Crippen LogP contribution < -0.4 is 10.2 Å². The summed E-state index contributed by atoms with van der Waals surface area (Å²) in [5.74, 6) is 1.17. The predicted molar refractivity (Wildman–Crippen MR) is 121 cm³/mol. The molecule has 1 saturated heterocycles. The molecule has 0 unspecified atom stereocenters. The second-order valence-corrected chi connectivity index (χ2v) is 7.98. The van der Waals surface area contributed by atoms with Crippen LogP contribution in [0.4, 0.5) is 5.82 Å². The van der Waals surface area contributed by atoms with Gasteiger partial charge in [0.2, 0.25) is 0 Å². The molecule has 1 N–H and O–H groups in total. The number of anilines is 1. The highest BCUT2D eigenvalue weighted by atomic mass is 35.5. The van der Waals surface area contributed by atoms with Crippen molar-refractivity contribution in [1.29, 1.82) is 0 Å². The van der Waals surface area contributed by atoms with Gasteiger partial charge in [0.1, 0.15) is 22.8 Å². The number of halogens is 1. The number of hydrogen-bond donors (Lipinski definition) is 1. The van der Waals surface area contributed by atoms with Gasteiger partial charge in [-0.25, -0.2) is 4.98 Å². The SMILES string of the molecule is CCN1CCN(c2ccc(CNC(=O)c3c(-c4ccccc4Cl)noc3C)cn2)CC1. The maximum atomic E-state index is 12.9. The lowest BCUT2D eigenvalue weighted by atomic mass is 10.1. The van der Waals surface area contributed by atoms with E-state index >= 15 is 0 Å². The highest BCUT2D eigenvalue weighted by molar-refractivity contribution is 6.33. The van der Waals surface area contributed by atoms with Crippen LogP contribution in [0.15, 0.2) is 47.1 Å². The fourth-order valence-corrected chi connectivity index (χ4v) is 3.97. The van der Waals surface area contributed by atoms with Crippen LogP contribution in [-0.4, -0.2) is 53.7 Å². The summed E-state index contributed by atoms with van der Waals surface area (Å²) in [6.45, 7) is 9.44. The van der Waals surface area contributed by atoms with Gasteiger partial charge in [-0.3, -0.25) is 4.79 Å². The normalized spacial score (nSPS) is 14.6. The third-order valence-electron chi connectivity index (χ3n) is 5.62. The lowest BCUT2D eigenvalue weighted by molar-refractivity contribution is 0.0950. The van der Waals surface area contributed by atoms with Crippen molar-refractivity contribution < 1.29 is 9.32 Å². The first-order valence-corrected chi connectivity index (χ1v) is 10.9. The fourth-order valence-electron chi connectivity index (χ4n) is 3.75. The molecule has 0 aliphatic carbocycles. The number of aromatic nitrogens is 2. The molecule has 1 amide bonds. The van der Waals surface area contributed by atoms with Gasteiger partial charge in [-0.1, -0.05) is 47.9 Å². The number of hydrogen-bond acceptors (Lipinski definition) is 6. The first kappa shape index (κ1) is 21.3. The van der Waals surface area contributed by atoms with Gasteiger partial charge in [-0.2, -0.15) is 0 Å². The van der Waals surface area contributed by atoms with Crippen molar-refractivity contribution in [2.45, 2.75) is 20.4 Å². The van der Waals surface area contributed by atoms with Crippen molar-refractivity contribution in [2.24, 2.45) is 0 Å². The van der Waals surface area contributed by atoms with Crippen molar-refractivity contribution in [3.63, 3.8) is 0 Å². The van der Waals surface area contributed by atoms with E-state index in [1.165, 1.54) is 0 Å². The lowest BCUT2D eigenvalue weighted by Crippen LogP contribution is -2.46. The summed E-state index contributed by atoms with van der Waals surface area (Å²) in [7, 11) is 0. The molecule has 31 heavy (non-hydrogen) atoms. The molecule has 162 valence electrons. The second-order valence-electron chi connectivity index (χ2n) is 7.57. The van der Waals surface area contributed by atoms with Crippen molar-refractivity contribution in [2.75, 3.05) is 37.6 Å². The van der Waals surface area contributed by atoms with E-state index in [0.717, 1.165) is 44.1 Å². The summed E-state index contributed by atoms with van der Waals surface area (Å²) in [6, 6.07) is 11.3. The molecule has 7 nitrogen and oxygen atoms in total. The largest absolute Gasteiger partial charge is 0.360 e. The topological polar surface area (TPSA) is 74.5 Å². The van der Waals surface area contributed by atoms with Crippen LogP contribution in [0, 0.1) is 6.92 Å². The van der Waals surface area contributed by atoms with E-state index in [1.807, 2.05) is 36.5 Å². The Balaban J connectivity index is 1.41. The molecule has 0 atom stereocenters. The second kappa shape index (κ2) is 9.49. The Bertz CT molecular complexity index is 1040. The molecule has 1 aliphatic rings. The number of piperazine rings is 1. The highest BCUT2D eigenvalue weighted by Crippen LogP contribution is 2.31. The maximum Gasteiger partial charge on any atom is 0.257 e. The zero-order valence-electron chi connectivity index (χ0n) is 17.8. The molecule has 3 heterocycles. The molecule has 0 saturated carbocycles. The summed E-state index contributed by atoms with van der Waals surface area (Å²) in [4.78, 5) is 22.2. The van der Waals surface area contributed by atoms with Crippen LogP contribution in [0.25, 0.3) is 11.3 Å². The molecular formula is C23H26ClN5O2. The predicted octanol–water partition coefficient (Wildman–Crippen LogP) is 3.77. The number of pyridine rings is 1. The smallest absolute Gasteiger partial charge is 0.257 e. The molecular weight excluding hydrogens is 414 g/mol. The number of likely N-dealkylation sites (N-methyl/N-ethyl adjacent to an activating group) is 1. The van der Waals surface area contributed by atoms with Crippen LogP contribution in [-0.2, 0) is 6.54 Å². The summed E-state index contributed by atoms with van der Waals surface area (Å²) in [5, 5.41) is 7.52. The number of carbonyl (C=O) groups is 1. The quantitative estimate of drug-likeness (QED) is 0.630. The minimum atomic E-state index is -0.256. The van der Waals surface area contributed by atoms with Gasteiger partial charge in [0.15, 0.2) is 0 Å². The van der Waals surface area contributed by atoms with E-state index in [-0.39, 0.29) is 5.91 Å². The zero-order valence-corrected chi connectivity index (χ0v) is 18.5. The minimum Gasteiger partial charge on any atom is -0.360 e. The number of aryl methyl sites for hydroxylation is 1. The van der Waals surface area contributed by atoms with Crippen molar-refractivity contribution in [3.8, 4) is 11.3 Å². The molecule has 0 spiro atoms. The Morgan fingerprint density at radius 3 is 2.61 bits per heavy atom. The zero-order chi connectivity index (χ0) is 21.8. The van der Waals surface area contributed by atoms with E-state index in [1.54, 1.807) is 13.0 Å². The number of nitrogens with one attached hydrogen (secondary N) is 1. The standard InChI is InChI=1S/C23H26ClN5O2/c1-3-28-10-12-29(13-11-28)20-9-8-17(14-25-20)15-26-23(30)21-16(2)31-27-22(21)18-6-4-5-7-19(18)24/h4-9,14H,3,10-13,15H2,1-2H3,(H,26,30). The van der Waals surface area contributed by atoms with Gasteiger partial charge in [0.05, 0.1) is 5.02 Å². The summed E-state index contributed by atoms with van der Waals surface area (Å²) >= 11 is 6.28. The monoisotopic (exact) mass is 439 g/mol. The van der Waals surface area contributed by atoms with Gasteiger partial charge >= 0.3 is 0 Å². The van der Waals surface area contributed by atoms with Crippen molar-refractivity contribution >= 4 is 23.3 Å².